The van der Waals surface area contributed by atoms with Crippen LogP contribution in [0.15, 0.2) is 55.1 Å². The number of sulfonamides is 1. The molecule has 7 nitrogen and oxygen atoms in total. The van der Waals surface area contributed by atoms with E-state index in [0.717, 1.165) is 16.4 Å². The van der Waals surface area contributed by atoms with Crippen LogP contribution in [-0.4, -0.2) is 32.5 Å². The van der Waals surface area contributed by atoms with Crippen LogP contribution in [0, 0.1) is 5.82 Å². The van der Waals surface area contributed by atoms with Gasteiger partial charge in [-0.1, -0.05) is 18.7 Å². The topological polar surface area (TPSA) is 95.6 Å². The summed E-state index contributed by atoms with van der Waals surface area (Å²) in [6.45, 7) is 3.55. The molecule has 1 saturated heterocycles. The van der Waals surface area contributed by atoms with Crippen molar-refractivity contribution >= 4 is 38.9 Å². The first-order chi connectivity index (χ1) is 13.3. The highest BCUT2D eigenvalue weighted by molar-refractivity contribution is 7.93. The number of hydrogen-bond acceptors (Lipinski definition) is 4. The minimum atomic E-state index is -3.56. The van der Waals surface area contributed by atoms with E-state index in [1.807, 2.05) is 0 Å². The quantitative estimate of drug-likeness (QED) is 0.751. The number of halogens is 1. The maximum absolute atomic E-state index is 14.2. The predicted octanol–water partition coefficient (Wildman–Crippen LogP) is 2.74. The maximum atomic E-state index is 14.2. The summed E-state index contributed by atoms with van der Waals surface area (Å²) in [5, 5.41) is 5.14. The Balaban J connectivity index is 1.87. The van der Waals surface area contributed by atoms with Gasteiger partial charge in [0.1, 0.15) is 5.82 Å². The van der Waals surface area contributed by atoms with E-state index < -0.39 is 27.7 Å². The Bertz CT molecular complexity index is 1050. The molecule has 0 unspecified atom stereocenters. The van der Waals surface area contributed by atoms with Crippen molar-refractivity contribution in [1.82, 2.24) is 0 Å². The highest BCUT2D eigenvalue weighted by atomic mass is 32.2. The van der Waals surface area contributed by atoms with Gasteiger partial charge in [-0.3, -0.25) is 13.9 Å². The van der Waals surface area contributed by atoms with Crippen LogP contribution in [0.4, 0.5) is 21.5 Å². The van der Waals surface area contributed by atoms with Crippen molar-refractivity contribution in [2.45, 2.75) is 6.42 Å². The van der Waals surface area contributed by atoms with Gasteiger partial charge >= 0.3 is 0 Å². The molecule has 0 atom stereocenters. The lowest BCUT2D eigenvalue weighted by Crippen LogP contribution is -2.26. The van der Waals surface area contributed by atoms with Crippen LogP contribution in [0.1, 0.15) is 16.8 Å². The molecule has 3 rings (SSSR count). The Kier molecular flexibility index (Phi) is 5.46. The number of nitrogens with one attached hydrogen (secondary N) is 2. The summed E-state index contributed by atoms with van der Waals surface area (Å²) < 4.78 is 39.3. The number of nitrogens with zero attached hydrogens (tertiary/aromatic N) is 1. The average Bonchev–Trinajstić information content (AvgIpc) is 3.02. The highest BCUT2D eigenvalue weighted by Crippen LogP contribution is 2.30. The molecule has 28 heavy (non-hydrogen) atoms. The zero-order valence-corrected chi connectivity index (χ0v) is 15.6. The molecule has 1 aliphatic rings. The van der Waals surface area contributed by atoms with Crippen LogP contribution in [-0.2, 0) is 14.8 Å². The molecule has 0 aliphatic carbocycles. The number of amides is 2. The van der Waals surface area contributed by atoms with Crippen LogP contribution in [0.3, 0.4) is 0 Å². The van der Waals surface area contributed by atoms with Gasteiger partial charge in [-0.05, 0) is 42.8 Å². The second-order valence-electron chi connectivity index (χ2n) is 6.10. The molecule has 9 heteroatoms. The van der Waals surface area contributed by atoms with Crippen LogP contribution in [0.25, 0.3) is 0 Å². The van der Waals surface area contributed by atoms with Crippen molar-refractivity contribution in [2.24, 2.45) is 0 Å². The first kappa shape index (κ1) is 19.6. The molecule has 0 aromatic heterocycles. The number of hydrogen-bond donors (Lipinski definition) is 2. The molecular weight excluding hydrogens is 385 g/mol. The van der Waals surface area contributed by atoms with Gasteiger partial charge in [-0.2, -0.15) is 0 Å². The summed E-state index contributed by atoms with van der Waals surface area (Å²) in [7, 11) is -3.56. The normalized spacial score (nSPS) is 15.1. The average molecular weight is 403 g/mol. The Morgan fingerprint density at radius 3 is 2.57 bits per heavy atom. The molecule has 1 heterocycles. The zero-order valence-electron chi connectivity index (χ0n) is 14.8. The standard InChI is InChI=1S/C19H18FN3O4S/c1-2-18(24)22-16-7-4-3-6-14(16)19(25)21-13-8-9-15(20)17(12-13)23-10-5-11-28(23,26)27/h2-4,6-9,12H,1,5,10-11H2,(H,21,25)(H,22,24). The monoisotopic (exact) mass is 403 g/mol. The highest BCUT2D eigenvalue weighted by Gasteiger charge is 2.30. The van der Waals surface area contributed by atoms with E-state index in [4.69, 9.17) is 0 Å². The SMILES string of the molecule is C=CC(=O)Nc1ccccc1C(=O)Nc1ccc(F)c(N2CCCS2(=O)=O)c1. The van der Waals surface area contributed by atoms with Crippen LogP contribution in [0.2, 0.25) is 0 Å². The van der Waals surface area contributed by atoms with E-state index in [2.05, 4.69) is 17.2 Å². The second-order valence-corrected chi connectivity index (χ2v) is 8.11. The summed E-state index contributed by atoms with van der Waals surface area (Å²) in [6, 6.07) is 10.1. The van der Waals surface area contributed by atoms with Gasteiger partial charge in [0.2, 0.25) is 15.9 Å². The van der Waals surface area contributed by atoms with Crippen LogP contribution < -0.4 is 14.9 Å². The molecule has 1 fully saturated rings. The predicted molar refractivity (Wildman–Crippen MR) is 105 cm³/mol. The van der Waals surface area contributed by atoms with E-state index in [1.165, 1.54) is 18.2 Å². The summed E-state index contributed by atoms with van der Waals surface area (Å²) in [6.07, 6.45) is 1.49. The third kappa shape index (κ3) is 4.04. The zero-order chi connectivity index (χ0) is 20.3. The fourth-order valence-electron chi connectivity index (χ4n) is 2.86. The molecule has 1 aliphatic heterocycles. The van der Waals surface area contributed by atoms with Gasteiger partial charge in [0.25, 0.3) is 5.91 Å². The Labute approximate surface area is 161 Å². The molecule has 0 spiro atoms. The summed E-state index contributed by atoms with van der Waals surface area (Å²) in [5.74, 6) is -1.74. The molecule has 0 radical (unpaired) electrons. The molecule has 2 aromatic rings. The van der Waals surface area contributed by atoms with Crippen LogP contribution in [0.5, 0.6) is 0 Å². The molecule has 0 saturated carbocycles. The van der Waals surface area contributed by atoms with Crippen molar-refractivity contribution in [1.29, 1.82) is 0 Å². The minimum absolute atomic E-state index is 0.0423. The molecule has 2 N–H and O–H groups in total. The third-order valence-corrected chi connectivity index (χ3v) is 6.04. The number of anilines is 3. The number of benzene rings is 2. The smallest absolute Gasteiger partial charge is 0.257 e. The van der Waals surface area contributed by atoms with E-state index in [1.54, 1.807) is 18.2 Å². The Morgan fingerprint density at radius 1 is 1.14 bits per heavy atom. The van der Waals surface area contributed by atoms with E-state index >= 15 is 0 Å². The Hall–Kier alpha value is -3.20. The maximum Gasteiger partial charge on any atom is 0.257 e. The van der Waals surface area contributed by atoms with Gasteiger partial charge in [0.15, 0.2) is 0 Å². The molecule has 0 bridgehead atoms. The lowest BCUT2D eigenvalue weighted by Gasteiger charge is -2.19. The van der Waals surface area contributed by atoms with Crippen molar-refractivity contribution in [3.8, 4) is 0 Å². The van der Waals surface area contributed by atoms with Crippen molar-refractivity contribution in [3.63, 3.8) is 0 Å². The number of rotatable bonds is 5. The number of carbonyl (C=O) groups is 2. The fraction of sp³-hybridized carbons (Fsp3) is 0.158. The summed E-state index contributed by atoms with van der Waals surface area (Å²) in [5.41, 5.74) is 0.601. The van der Waals surface area contributed by atoms with Gasteiger partial charge in [0, 0.05) is 12.2 Å². The first-order valence-electron chi connectivity index (χ1n) is 8.45. The molecule has 2 aromatic carbocycles. The van der Waals surface area contributed by atoms with Crippen molar-refractivity contribution in [3.05, 3.63) is 66.5 Å². The van der Waals surface area contributed by atoms with Crippen molar-refractivity contribution in [2.75, 3.05) is 27.2 Å². The summed E-state index contributed by atoms with van der Waals surface area (Å²) in [4.78, 5) is 24.2. The largest absolute Gasteiger partial charge is 0.322 e. The minimum Gasteiger partial charge on any atom is -0.322 e. The van der Waals surface area contributed by atoms with E-state index in [-0.39, 0.29) is 34.9 Å². The van der Waals surface area contributed by atoms with Gasteiger partial charge < -0.3 is 10.6 Å². The second kappa shape index (κ2) is 7.81. The lowest BCUT2D eigenvalue weighted by molar-refractivity contribution is -0.111. The third-order valence-electron chi connectivity index (χ3n) is 4.19. The molecular formula is C19H18FN3O4S. The van der Waals surface area contributed by atoms with Crippen molar-refractivity contribution < 1.29 is 22.4 Å². The molecule has 2 amide bonds. The fourth-order valence-corrected chi connectivity index (χ4v) is 4.43. The van der Waals surface area contributed by atoms with E-state index in [0.29, 0.717) is 6.42 Å². The lowest BCUT2D eigenvalue weighted by atomic mass is 10.1. The molecule has 146 valence electrons. The van der Waals surface area contributed by atoms with Gasteiger partial charge in [0.05, 0.1) is 22.7 Å². The van der Waals surface area contributed by atoms with Gasteiger partial charge in [-0.25, -0.2) is 12.8 Å². The summed E-state index contributed by atoms with van der Waals surface area (Å²) >= 11 is 0. The van der Waals surface area contributed by atoms with Gasteiger partial charge in [-0.15, -0.1) is 0 Å². The first-order valence-corrected chi connectivity index (χ1v) is 10.1. The Morgan fingerprint density at radius 2 is 1.89 bits per heavy atom. The van der Waals surface area contributed by atoms with Crippen LogP contribution >= 0.6 is 0 Å². The number of carbonyl (C=O) groups excluding carboxylic acids is 2. The number of para-hydroxylation sites is 1. The van der Waals surface area contributed by atoms with E-state index in [9.17, 15) is 22.4 Å².